The number of carbonyl (C=O) groups excluding carboxylic acids is 2. The molecule has 0 aliphatic carbocycles. The molecule has 0 saturated heterocycles. The number of nitrogens with one attached hydrogen (secondary N) is 2. The second kappa shape index (κ2) is 9.38. The van der Waals surface area contributed by atoms with Crippen molar-refractivity contribution in [3.63, 3.8) is 0 Å². The van der Waals surface area contributed by atoms with Crippen molar-refractivity contribution in [2.45, 2.75) is 40.3 Å². The van der Waals surface area contributed by atoms with Crippen LogP contribution >= 0.6 is 0 Å². The van der Waals surface area contributed by atoms with Crippen molar-refractivity contribution in [1.82, 2.24) is 15.5 Å². The standard InChI is InChI=1S/C19H25F2N3O4/c1-5-24(6-2)17(25)15-11(4)22-19(26)23-16(15)12-8-9-13(28-18(20)21)14(10-12)27-7-3/h8-10,16,18H,5-7H2,1-4H3,(H2,22,23,26)/t16-/m0/s1. The molecule has 0 radical (unpaired) electrons. The topological polar surface area (TPSA) is 79.9 Å². The number of urea groups is 1. The Morgan fingerprint density at radius 3 is 2.46 bits per heavy atom. The highest BCUT2D eigenvalue weighted by Crippen LogP contribution is 2.35. The summed E-state index contributed by atoms with van der Waals surface area (Å²) in [6.45, 7) is 5.36. The fourth-order valence-electron chi connectivity index (χ4n) is 3.07. The number of ether oxygens (including phenoxy) is 2. The second-order valence-electron chi connectivity index (χ2n) is 6.07. The van der Waals surface area contributed by atoms with E-state index in [9.17, 15) is 18.4 Å². The molecule has 1 atom stereocenters. The number of carbonyl (C=O) groups is 2. The van der Waals surface area contributed by atoms with Gasteiger partial charge in [0.15, 0.2) is 11.5 Å². The van der Waals surface area contributed by atoms with Crippen LogP contribution in [0.5, 0.6) is 11.5 Å². The highest BCUT2D eigenvalue weighted by atomic mass is 19.3. The zero-order chi connectivity index (χ0) is 20.8. The van der Waals surface area contributed by atoms with Gasteiger partial charge in [-0.3, -0.25) is 4.79 Å². The van der Waals surface area contributed by atoms with E-state index in [-0.39, 0.29) is 24.0 Å². The fourth-order valence-corrected chi connectivity index (χ4v) is 3.07. The third kappa shape index (κ3) is 4.71. The summed E-state index contributed by atoms with van der Waals surface area (Å²) < 4.78 is 35.2. The Bertz CT molecular complexity index is 764. The minimum Gasteiger partial charge on any atom is -0.490 e. The lowest BCUT2D eigenvalue weighted by Gasteiger charge is -2.32. The van der Waals surface area contributed by atoms with Gasteiger partial charge in [-0.05, 0) is 45.4 Å². The fraction of sp³-hybridized carbons (Fsp3) is 0.474. The van der Waals surface area contributed by atoms with Crippen molar-refractivity contribution < 1.29 is 27.8 Å². The van der Waals surface area contributed by atoms with E-state index in [0.717, 1.165) is 0 Å². The number of hydrogen-bond donors (Lipinski definition) is 2. The quantitative estimate of drug-likeness (QED) is 0.706. The number of likely N-dealkylation sites (N-methyl/N-ethyl adjacent to an activating group) is 1. The molecule has 2 rings (SSSR count). The first kappa shape index (κ1) is 21.5. The first-order valence-electron chi connectivity index (χ1n) is 9.11. The normalized spacial score (nSPS) is 16.5. The molecule has 0 fully saturated rings. The van der Waals surface area contributed by atoms with E-state index in [2.05, 4.69) is 15.4 Å². The molecule has 0 saturated carbocycles. The summed E-state index contributed by atoms with van der Waals surface area (Å²) >= 11 is 0. The van der Waals surface area contributed by atoms with Gasteiger partial charge in [-0.25, -0.2) is 4.79 Å². The molecule has 1 aliphatic heterocycles. The van der Waals surface area contributed by atoms with Gasteiger partial charge in [0.1, 0.15) is 0 Å². The SMILES string of the molecule is CCOc1cc([C@@H]2NC(=O)NC(C)=C2C(=O)N(CC)CC)ccc1OC(F)F. The molecule has 9 heteroatoms. The van der Waals surface area contributed by atoms with Crippen molar-refractivity contribution >= 4 is 11.9 Å². The Hall–Kier alpha value is -2.84. The number of alkyl halides is 2. The maximum atomic E-state index is 13.0. The highest BCUT2D eigenvalue weighted by molar-refractivity contribution is 5.98. The number of nitrogens with zero attached hydrogens (tertiary/aromatic N) is 1. The minimum atomic E-state index is -2.99. The van der Waals surface area contributed by atoms with Crippen molar-refractivity contribution in [2.24, 2.45) is 0 Å². The molecule has 28 heavy (non-hydrogen) atoms. The third-order valence-corrected chi connectivity index (χ3v) is 4.37. The maximum absolute atomic E-state index is 13.0. The van der Waals surface area contributed by atoms with Crippen LogP contribution in [0.3, 0.4) is 0 Å². The molecule has 1 aliphatic rings. The van der Waals surface area contributed by atoms with Crippen molar-refractivity contribution in [1.29, 1.82) is 0 Å². The predicted octanol–water partition coefficient (Wildman–Crippen LogP) is 3.18. The third-order valence-electron chi connectivity index (χ3n) is 4.37. The summed E-state index contributed by atoms with van der Waals surface area (Å²) in [5.74, 6) is -0.218. The van der Waals surface area contributed by atoms with Crippen LogP contribution in [-0.2, 0) is 4.79 Å². The highest BCUT2D eigenvalue weighted by Gasteiger charge is 2.33. The molecular formula is C19H25F2N3O4. The molecule has 0 bridgehead atoms. The molecule has 154 valence electrons. The van der Waals surface area contributed by atoms with Gasteiger partial charge in [0.05, 0.1) is 18.2 Å². The zero-order valence-corrected chi connectivity index (χ0v) is 16.3. The van der Waals surface area contributed by atoms with Crippen LogP contribution in [0.15, 0.2) is 29.5 Å². The lowest BCUT2D eigenvalue weighted by Crippen LogP contribution is -2.47. The predicted molar refractivity (Wildman–Crippen MR) is 99.3 cm³/mol. The number of rotatable bonds is 8. The first-order valence-corrected chi connectivity index (χ1v) is 9.11. The summed E-state index contributed by atoms with van der Waals surface area (Å²) in [6.07, 6.45) is 0. The van der Waals surface area contributed by atoms with Gasteiger partial charge < -0.3 is 25.0 Å². The lowest BCUT2D eigenvalue weighted by molar-refractivity contribution is -0.127. The Kier molecular flexibility index (Phi) is 7.19. The molecule has 0 unspecified atom stereocenters. The van der Waals surface area contributed by atoms with Crippen LogP contribution in [0.25, 0.3) is 0 Å². The molecular weight excluding hydrogens is 372 g/mol. The van der Waals surface area contributed by atoms with Crippen molar-refractivity contribution in [2.75, 3.05) is 19.7 Å². The molecule has 3 amide bonds. The van der Waals surface area contributed by atoms with Crippen molar-refractivity contribution in [3.8, 4) is 11.5 Å². The van der Waals surface area contributed by atoms with Crippen LogP contribution in [-0.4, -0.2) is 43.1 Å². The summed E-state index contributed by atoms with van der Waals surface area (Å²) in [7, 11) is 0. The average molecular weight is 397 g/mol. The molecule has 2 N–H and O–H groups in total. The molecule has 1 aromatic carbocycles. The summed E-state index contributed by atoms with van der Waals surface area (Å²) in [5.41, 5.74) is 1.35. The van der Waals surface area contributed by atoms with E-state index < -0.39 is 18.7 Å². The molecule has 1 heterocycles. The average Bonchev–Trinajstić information content (AvgIpc) is 2.63. The van der Waals surface area contributed by atoms with E-state index in [1.165, 1.54) is 18.2 Å². The number of halogens is 2. The van der Waals surface area contributed by atoms with Gasteiger partial charge in [-0.15, -0.1) is 0 Å². The van der Waals surface area contributed by atoms with Gasteiger partial charge in [0, 0.05) is 18.8 Å². The van der Waals surface area contributed by atoms with Crippen LogP contribution in [0.1, 0.15) is 39.3 Å². The van der Waals surface area contributed by atoms with Gasteiger partial charge in [-0.1, -0.05) is 6.07 Å². The molecule has 1 aromatic rings. The Balaban J connectivity index is 2.50. The van der Waals surface area contributed by atoms with Crippen molar-refractivity contribution in [3.05, 3.63) is 35.0 Å². The maximum Gasteiger partial charge on any atom is 0.387 e. The Morgan fingerprint density at radius 1 is 1.21 bits per heavy atom. The number of hydrogen-bond acceptors (Lipinski definition) is 4. The summed E-state index contributed by atoms with van der Waals surface area (Å²) in [6, 6.07) is 3.17. The van der Waals surface area contributed by atoms with Crippen LogP contribution in [0, 0.1) is 0 Å². The van der Waals surface area contributed by atoms with Gasteiger partial charge in [0.25, 0.3) is 5.91 Å². The van der Waals surface area contributed by atoms with E-state index in [1.54, 1.807) is 18.7 Å². The molecule has 0 aromatic heterocycles. The van der Waals surface area contributed by atoms with E-state index in [0.29, 0.717) is 29.9 Å². The smallest absolute Gasteiger partial charge is 0.387 e. The first-order chi connectivity index (χ1) is 13.3. The van der Waals surface area contributed by atoms with Gasteiger partial charge in [-0.2, -0.15) is 8.78 Å². The summed E-state index contributed by atoms with van der Waals surface area (Å²) in [4.78, 5) is 26.7. The van der Waals surface area contributed by atoms with Gasteiger partial charge in [0.2, 0.25) is 0 Å². The molecule has 0 spiro atoms. The largest absolute Gasteiger partial charge is 0.490 e. The number of benzene rings is 1. The number of allylic oxidation sites excluding steroid dienone is 1. The number of amides is 3. The van der Waals surface area contributed by atoms with E-state index in [4.69, 9.17) is 4.74 Å². The van der Waals surface area contributed by atoms with E-state index >= 15 is 0 Å². The Labute approximate surface area is 162 Å². The molecule has 7 nitrogen and oxygen atoms in total. The van der Waals surface area contributed by atoms with E-state index in [1.807, 2.05) is 13.8 Å². The van der Waals surface area contributed by atoms with Gasteiger partial charge >= 0.3 is 12.6 Å². The Morgan fingerprint density at radius 2 is 1.89 bits per heavy atom. The monoisotopic (exact) mass is 397 g/mol. The van der Waals surface area contributed by atoms with Crippen LogP contribution < -0.4 is 20.1 Å². The lowest BCUT2D eigenvalue weighted by atomic mass is 9.94. The zero-order valence-electron chi connectivity index (χ0n) is 16.3. The second-order valence-corrected chi connectivity index (χ2v) is 6.07. The summed E-state index contributed by atoms with van der Waals surface area (Å²) in [5, 5.41) is 5.34. The van der Waals surface area contributed by atoms with Crippen LogP contribution in [0.4, 0.5) is 13.6 Å². The van der Waals surface area contributed by atoms with Crippen LogP contribution in [0.2, 0.25) is 0 Å². The minimum absolute atomic E-state index is 0.111.